The number of amides is 1. The molecule has 0 aliphatic carbocycles. The molecule has 37 heavy (non-hydrogen) atoms. The van der Waals surface area contributed by atoms with E-state index >= 15 is 0 Å². The van der Waals surface area contributed by atoms with E-state index in [0.717, 1.165) is 34.0 Å². The highest BCUT2D eigenvalue weighted by Gasteiger charge is 2.16. The van der Waals surface area contributed by atoms with Gasteiger partial charge in [0.1, 0.15) is 5.82 Å². The molecule has 1 amide bonds. The fourth-order valence-corrected chi connectivity index (χ4v) is 5.12. The Morgan fingerprint density at radius 3 is 2.57 bits per heavy atom. The van der Waals surface area contributed by atoms with E-state index < -0.39 is 9.84 Å². The summed E-state index contributed by atoms with van der Waals surface area (Å²) < 4.78 is 39.4. The van der Waals surface area contributed by atoms with Crippen LogP contribution in [0.15, 0.2) is 59.8 Å². The van der Waals surface area contributed by atoms with Gasteiger partial charge in [-0.15, -0.1) is 0 Å². The molecule has 2 heterocycles. The summed E-state index contributed by atoms with van der Waals surface area (Å²) in [4.78, 5) is 21.7. The number of anilines is 1. The quantitative estimate of drug-likeness (QED) is 0.348. The van der Waals surface area contributed by atoms with Crippen molar-refractivity contribution in [3.05, 3.63) is 94.2 Å². The smallest absolute Gasteiger partial charge is 0.251 e. The first-order valence-corrected chi connectivity index (χ1v) is 13.8. The molecule has 0 radical (unpaired) electrons. The first kappa shape index (κ1) is 26.2. The summed E-state index contributed by atoms with van der Waals surface area (Å²) in [6.45, 7) is 6.46. The largest absolute Gasteiger partial charge is 0.385 e. The highest BCUT2D eigenvalue weighted by atomic mass is 32.2. The summed E-state index contributed by atoms with van der Waals surface area (Å²) in [5.74, 6) is -0.744. The van der Waals surface area contributed by atoms with Crippen molar-refractivity contribution >= 4 is 32.3 Å². The number of nitrogens with one attached hydrogen (secondary N) is 2. The van der Waals surface area contributed by atoms with Crippen LogP contribution in [0.4, 0.5) is 10.1 Å². The summed E-state index contributed by atoms with van der Waals surface area (Å²) in [6.07, 6.45) is 4.66. The van der Waals surface area contributed by atoms with Crippen LogP contribution in [-0.4, -0.2) is 37.1 Å². The average molecular weight is 521 g/mol. The van der Waals surface area contributed by atoms with Crippen molar-refractivity contribution in [2.45, 2.75) is 38.6 Å². The van der Waals surface area contributed by atoms with Crippen LogP contribution in [0.5, 0.6) is 0 Å². The zero-order valence-electron chi connectivity index (χ0n) is 21.2. The van der Waals surface area contributed by atoms with Gasteiger partial charge in [-0.05, 0) is 79.9 Å². The summed E-state index contributed by atoms with van der Waals surface area (Å²) >= 11 is 0. The van der Waals surface area contributed by atoms with Crippen molar-refractivity contribution in [3.8, 4) is 0 Å². The number of hydrogen-bond donors (Lipinski definition) is 2. The molecule has 0 aliphatic heterocycles. The maximum absolute atomic E-state index is 14.5. The molecule has 0 spiro atoms. The highest BCUT2D eigenvalue weighted by Crippen LogP contribution is 2.26. The number of rotatable bonds is 8. The number of aromatic nitrogens is 2. The van der Waals surface area contributed by atoms with Crippen LogP contribution in [0.1, 0.15) is 45.2 Å². The number of carbonyl (C=O) groups is 1. The van der Waals surface area contributed by atoms with Crippen LogP contribution >= 0.6 is 0 Å². The summed E-state index contributed by atoms with van der Waals surface area (Å²) in [5.41, 5.74) is 5.10. The average Bonchev–Trinajstić information content (AvgIpc) is 2.84. The topological polar surface area (TPSA) is 101 Å². The molecular weight excluding hydrogens is 491 g/mol. The molecule has 4 rings (SSSR count). The number of halogens is 1. The lowest BCUT2D eigenvalue weighted by Gasteiger charge is -2.12. The fourth-order valence-electron chi connectivity index (χ4n) is 4.23. The molecule has 0 saturated heterocycles. The Morgan fingerprint density at radius 1 is 1.05 bits per heavy atom. The third-order valence-corrected chi connectivity index (χ3v) is 7.12. The minimum atomic E-state index is -3.51. The normalized spacial score (nSPS) is 11.5. The molecule has 0 fully saturated rings. The van der Waals surface area contributed by atoms with E-state index in [-0.39, 0.29) is 23.2 Å². The Balaban J connectivity index is 1.54. The van der Waals surface area contributed by atoms with Crippen molar-refractivity contribution in [1.82, 2.24) is 15.3 Å². The maximum Gasteiger partial charge on any atom is 0.251 e. The fraction of sp³-hybridized carbons (Fsp3) is 0.250. The number of fused-ring (bicyclic) bond motifs is 1. The van der Waals surface area contributed by atoms with Gasteiger partial charge in [-0.1, -0.05) is 0 Å². The van der Waals surface area contributed by atoms with Gasteiger partial charge in [0.05, 0.1) is 10.4 Å². The number of benzene rings is 2. The van der Waals surface area contributed by atoms with E-state index in [4.69, 9.17) is 0 Å². The molecule has 2 aromatic carbocycles. The SMILES string of the molecule is CCNc1cc(F)c(CNC(=O)c2ccnc(Cc3cc(S(C)(=O)=O)c4ncc(C)cc4c3)c2)cc1C. The monoisotopic (exact) mass is 520 g/mol. The third-order valence-electron chi connectivity index (χ3n) is 6.01. The van der Waals surface area contributed by atoms with E-state index in [2.05, 4.69) is 20.6 Å². The summed E-state index contributed by atoms with van der Waals surface area (Å²) in [7, 11) is -3.51. The predicted molar refractivity (Wildman–Crippen MR) is 143 cm³/mol. The number of pyridine rings is 2. The van der Waals surface area contributed by atoms with E-state index in [1.54, 1.807) is 30.5 Å². The molecule has 0 unspecified atom stereocenters. The van der Waals surface area contributed by atoms with Crippen molar-refractivity contribution in [3.63, 3.8) is 0 Å². The van der Waals surface area contributed by atoms with Crippen LogP contribution in [0, 0.1) is 19.7 Å². The van der Waals surface area contributed by atoms with Crippen LogP contribution in [0.25, 0.3) is 10.9 Å². The van der Waals surface area contributed by atoms with Crippen LogP contribution in [0.3, 0.4) is 0 Å². The van der Waals surface area contributed by atoms with Gasteiger partial charge in [0.15, 0.2) is 9.84 Å². The highest BCUT2D eigenvalue weighted by molar-refractivity contribution is 7.91. The second-order valence-corrected chi connectivity index (χ2v) is 11.1. The number of aryl methyl sites for hydroxylation is 2. The molecule has 0 saturated carbocycles. The second kappa shape index (κ2) is 10.6. The maximum atomic E-state index is 14.5. The van der Waals surface area contributed by atoms with Crippen molar-refractivity contribution in [1.29, 1.82) is 0 Å². The Hall–Kier alpha value is -3.85. The van der Waals surface area contributed by atoms with Crippen molar-refractivity contribution in [2.24, 2.45) is 0 Å². The number of sulfone groups is 1. The van der Waals surface area contributed by atoms with Gasteiger partial charge in [0, 0.05) is 66.1 Å². The first-order chi connectivity index (χ1) is 17.5. The Bertz CT molecular complexity index is 1600. The van der Waals surface area contributed by atoms with Crippen LogP contribution < -0.4 is 10.6 Å². The van der Waals surface area contributed by atoms with E-state index in [1.165, 1.54) is 12.3 Å². The third kappa shape index (κ3) is 6.11. The molecule has 0 aliphatic rings. The zero-order chi connectivity index (χ0) is 26.7. The van der Waals surface area contributed by atoms with E-state index in [9.17, 15) is 17.6 Å². The molecule has 7 nitrogen and oxygen atoms in total. The lowest BCUT2D eigenvalue weighted by molar-refractivity contribution is 0.0950. The number of nitrogens with zero attached hydrogens (tertiary/aromatic N) is 2. The molecule has 192 valence electrons. The molecule has 0 atom stereocenters. The van der Waals surface area contributed by atoms with Gasteiger partial charge in [0.2, 0.25) is 0 Å². The molecule has 0 bridgehead atoms. The number of hydrogen-bond acceptors (Lipinski definition) is 6. The summed E-state index contributed by atoms with van der Waals surface area (Å²) in [5, 5.41) is 6.61. The van der Waals surface area contributed by atoms with Crippen LogP contribution in [-0.2, 0) is 22.8 Å². The first-order valence-electron chi connectivity index (χ1n) is 11.9. The molecular formula is C28H29FN4O3S. The van der Waals surface area contributed by atoms with Gasteiger partial charge in [-0.2, -0.15) is 0 Å². The van der Waals surface area contributed by atoms with Crippen molar-refractivity contribution < 1.29 is 17.6 Å². The molecule has 2 N–H and O–H groups in total. The molecule has 2 aromatic heterocycles. The Morgan fingerprint density at radius 2 is 1.84 bits per heavy atom. The molecule has 9 heteroatoms. The minimum Gasteiger partial charge on any atom is -0.385 e. The van der Waals surface area contributed by atoms with E-state index in [0.29, 0.717) is 35.3 Å². The number of carbonyl (C=O) groups excluding carboxylic acids is 1. The van der Waals surface area contributed by atoms with Gasteiger partial charge >= 0.3 is 0 Å². The second-order valence-electron chi connectivity index (χ2n) is 9.13. The Labute approximate surface area is 216 Å². The van der Waals surface area contributed by atoms with Crippen LogP contribution in [0.2, 0.25) is 0 Å². The lowest BCUT2D eigenvalue weighted by atomic mass is 10.0. The van der Waals surface area contributed by atoms with Gasteiger partial charge in [-0.3, -0.25) is 14.8 Å². The van der Waals surface area contributed by atoms with Gasteiger partial charge in [0.25, 0.3) is 5.91 Å². The molecule has 4 aromatic rings. The van der Waals surface area contributed by atoms with E-state index in [1.807, 2.05) is 32.9 Å². The lowest BCUT2D eigenvalue weighted by Crippen LogP contribution is -2.23. The predicted octanol–water partition coefficient (Wildman–Crippen LogP) is 4.74. The van der Waals surface area contributed by atoms with Crippen molar-refractivity contribution in [2.75, 3.05) is 18.1 Å². The zero-order valence-corrected chi connectivity index (χ0v) is 22.0. The Kier molecular flexibility index (Phi) is 7.54. The van der Waals surface area contributed by atoms with Gasteiger partial charge < -0.3 is 10.6 Å². The summed E-state index contributed by atoms with van der Waals surface area (Å²) in [6, 6.07) is 11.8. The standard InChI is InChI=1S/C28H29FN4O3S/c1-5-30-25-14-24(29)22(9-18(25)3)16-33-28(34)20-6-7-31-23(13-20)11-19-10-21-8-17(2)15-32-27(21)26(12-19)37(4,35)36/h6-10,12-15,30H,5,11,16H2,1-4H3,(H,33,34). The van der Waals surface area contributed by atoms with Gasteiger partial charge in [-0.25, -0.2) is 12.8 Å². The minimum absolute atomic E-state index is 0.0459.